The van der Waals surface area contributed by atoms with Gasteiger partial charge in [0.1, 0.15) is 10.7 Å². The van der Waals surface area contributed by atoms with Crippen molar-refractivity contribution in [1.29, 1.82) is 0 Å². The van der Waals surface area contributed by atoms with E-state index in [1.54, 1.807) is 19.1 Å². The predicted octanol–water partition coefficient (Wildman–Crippen LogP) is 2.33. The first-order chi connectivity index (χ1) is 9.87. The van der Waals surface area contributed by atoms with E-state index < -0.39 is 20.7 Å². The number of hydrogen-bond donors (Lipinski definition) is 1. The van der Waals surface area contributed by atoms with Gasteiger partial charge >= 0.3 is 0 Å². The van der Waals surface area contributed by atoms with Gasteiger partial charge in [-0.3, -0.25) is 9.29 Å². The Morgan fingerprint density at radius 1 is 1.29 bits per heavy atom. The summed E-state index contributed by atoms with van der Waals surface area (Å²) < 4.78 is 40.7. The second-order valence-corrected chi connectivity index (χ2v) is 6.36. The van der Waals surface area contributed by atoms with Gasteiger partial charge in [-0.05, 0) is 43.7 Å². The number of aryl methyl sites for hydroxylation is 1. The van der Waals surface area contributed by atoms with Crippen LogP contribution in [0.1, 0.15) is 12.5 Å². The second-order valence-electron chi connectivity index (χ2n) is 4.53. The van der Waals surface area contributed by atoms with Gasteiger partial charge in [-0.25, -0.2) is 12.8 Å². The number of nitrogens with two attached hydrogens (primary N) is 1. The normalized spacial score (nSPS) is 11.4. The summed E-state index contributed by atoms with van der Waals surface area (Å²) in [6.45, 7) is 3.32. The van der Waals surface area contributed by atoms with E-state index in [9.17, 15) is 12.8 Å². The lowest BCUT2D eigenvalue weighted by Gasteiger charge is -2.23. The van der Waals surface area contributed by atoms with Gasteiger partial charge in [0, 0.05) is 24.6 Å². The average molecular weight is 309 g/mol. The number of rotatable bonds is 4. The van der Waals surface area contributed by atoms with Gasteiger partial charge < -0.3 is 5.73 Å². The van der Waals surface area contributed by atoms with Crippen LogP contribution in [-0.4, -0.2) is 19.9 Å². The molecule has 21 heavy (non-hydrogen) atoms. The summed E-state index contributed by atoms with van der Waals surface area (Å²) in [6.07, 6.45) is 2.96. The molecule has 2 rings (SSSR count). The molecule has 0 amide bonds. The Morgan fingerprint density at radius 2 is 1.90 bits per heavy atom. The van der Waals surface area contributed by atoms with E-state index in [1.165, 1.54) is 25.4 Å². The van der Waals surface area contributed by atoms with Crippen LogP contribution in [-0.2, 0) is 10.0 Å². The monoisotopic (exact) mass is 309 g/mol. The lowest BCUT2D eigenvalue weighted by atomic mass is 10.2. The van der Waals surface area contributed by atoms with Crippen molar-refractivity contribution in [3.8, 4) is 0 Å². The van der Waals surface area contributed by atoms with Crippen LogP contribution in [0, 0.1) is 12.7 Å². The van der Waals surface area contributed by atoms with Gasteiger partial charge in [0.05, 0.1) is 5.69 Å². The standard InChI is InChI=1S/C14H16FN3O2S/c1-3-18(12-4-6-17-7-5-12)21(19,20)13-9-11(16)8-10(2)14(13)15/h4-9H,3,16H2,1-2H3. The lowest BCUT2D eigenvalue weighted by molar-refractivity contribution is 0.560. The minimum atomic E-state index is -4.03. The Balaban J connectivity index is 2.61. The number of nitrogens with zero attached hydrogens (tertiary/aromatic N) is 2. The lowest BCUT2D eigenvalue weighted by Crippen LogP contribution is -2.31. The molecule has 112 valence electrons. The molecule has 2 aromatic rings. The molecule has 0 aliphatic heterocycles. The van der Waals surface area contributed by atoms with E-state index in [4.69, 9.17) is 5.73 Å². The van der Waals surface area contributed by atoms with Crippen LogP contribution in [0.15, 0.2) is 41.6 Å². The number of hydrogen-bond acceptors (Lipinski definition) is 4. The van der Waals surface area contributed by atoms with Crippen LogP contribution >= 0.6 is 0 Å². The number of aromatic nitrogens is 1. The van der Waals surface area contributed by atoms with Gasteiger partial charge in [0.15, 0.2) is 0 Å². The Morgan fingerprint density at radius 3 is 2.48 bits per heavy atom. The number of anilines is 2. The van der Waals surface area contributed by atoms with Crippen molar-refractivity contribution < 1.29 is 12.8 Å². The highest BCUT2D eigenvalue weighted by molar-refractivity contribution is 7.92. The van der Waals surface area contributed by atoms with Crippen molar-refractivity contribution in [3.63, 3.8) is 0 Å². The van der Waals surface area contributed by atoms with Crippen molar-refractivity contribution in [2.75, 3.05) is 16.6 Å². The molecule has 0 spiro atoms. The fraction of sp³-hybridized carbons (Fsp3) is 0.214. The summed E-state index contributed by atoms with van der Waals surface area (Å²) in [6, 6.07) is 5.65. The highest BCUT2D eigenvalue weighted by Gasteiger charge is 2.28. The summed E-state index contributed by atoms with van der Waals surface area (Å²) in [5.74, 6) is -0.781. The van der Waals surface area contributed by atoms with E-state index in [0.29, 0.717) is 5.69 Å². The van der Waals surface area contributed by atoms with Gasteiger partial charge in [-0.2, -0.15) is 0 Å². The van der Waals surface area contributed by atoms with Crippen molar-refractivity contribution in [2.24, 2.45) is 0 Å². The van der Waals surface area contributed by atoms with Crippen LogP contribution in [0.25, 0.3) is 0 Å². The minimum absolute atomic E-state index is 0.166. The zero-order valence-electron chi connectivity index (χ0n) is 11.7. The Kier molecular flexibility index (Phi) is 4.13. The second kappa shape index (κ2) is 5.69. The van der Waals surface area contributed by atoms with Crippen LogP contribution in [0.4, 0.5) is 15.8 Å². The number of nitrogen functional groups attached to an aromatic ring is 1. The van der Waals surface area contributed by atoms with Crippen LogP contribution in [0.3, 0.4) is 0 Å². The number of benzene rings is 1. The Labute approximate surface area is 123 Å². The fourth-order valence-electron chi connectivity index (χ4n) is 2.07. The molecule has 0 fully saturated rings. The molecule has 0 saturated heterocycles. The van der Waals surface area contributed by atoms with Crippen molar-refractivity contribution in [2.45, 2.75) is 18.7 Å². The van der Waals surface area contributed by atoms with E-state index in [-0.39, 0.29) is 17.8 Å². The molecule has 5 nitrogen and oxygen atoms in total. The number of sulfonamides is 1. The summed E-state index contributed by atoms with van der Waals surface area (Å²) in [7, 11) is -4.03. The zero-order chi connectivity index (χ0) is 15.6. The average Bonchev–Trinajstić information content (AvgIpc) is 2.44. The molecule has 2 N–H and O–H groups in total. The largest absolute Gasteiger partial charge is 0.399 e. The summed E-state index contributed by atoms with van der Waals surface area (Å²) in [5.41, 5.74) is 6.47. The SMILES string of the molecule is CCN(c1ccncc1)S(=O)(=O)c1cc(N)cc(C)c1F. The molecule has 0 bridgehead atoms. The highest BCUT2D eigenvalue weighted by Crippen LogP contribution is 2.27. The number of halogens is 1. The van der Waals surface area contributed by atoms with E-state index in [0.717, 1.165) is 10.4 Å². The van der Waals surface area contributed by atoms with Crippen LogP contribution in [0.2, 0.25) is 0 Å². The molecule has 0 aliphatic carbocycles. The molecular weight excluding hydrogens is 293 g/mol. The predicted molar refractivity (Wildman–Crippen MR) is 80.0 cm³/mol. The van der Waals surface area contributed by atoms with E-state index in [2.05, 4.69) is 4.98 Å². The van der Waals surface area contributed by atoms with Crippen molar-refractivity contribution >= 4 is 21.4 Å². The molecule has 0 radical (unpaired) electrons. The van der Waals surface area contributed by atoms with Gasteiger partial charge in [0.25, 0.3) is 10.0 Å². The molecule has 1 heterocycles. The molecule has 1 aromatic heterocycles. The summed E-state index contributed by atoms with van der Waals surface area (Å²) >= 11 is 0. The first-order valence-electron chi connectivity index (χ1n) is 6.36. The number of pyridine rings is 1. The van der Waals surface area contributed by atoms with Crippen LogP contribution < -0.4 is 10.0 Å². The molecular formula is C14H16FN3O2S. The van der Waals surface area contributed by atoms with Gasteiger partial charge in [-0.15, -0.1) is 0 Å². The molecule has 0 unspecified atom stereocenters. The minimum Gasteiger partial charge on any atom is -0.399 e. The third-order valence-electron chi connectivity index (χ3n) is 3.05. The molecule has 0 saturated carbocycles. The zero-order valence-corrected chi connectivity index (χ0v) is 12.6. The highest BCUT2D eigenvalue weighted by atomic mass is 32.2. The third kappa shape index (κ3) is 2.82. The van der Waals surface area contributed by atoms with Gasteiger partial charge in [0.2, 0.25) is 0 Å². The maximum atomic E-state index is 14.2. The van der Waals surface area contributed by atoms with E-state index in [1.807, 2.05) is 0 Å². The van der Waals surface area contributed by atoms with Gasteiger partial charge in [-0.1, -0.05) is 0 Å². The molecule has 7 heteroatoms. The molecule has 0 atom stereocenters. The van der Waals surface area contributed by atoms with Crippen molar-refractivity contribution in [1.82, 2.24) is 4.98 Å². The Hall–Kier alpha value is -2.15. The van der Waals surface area contributed by atoms with Crippen molar-refractivity contribution in [3.05, 3.63) is 48.0 Å². The quantitative estimate of drug-likeness (QED) is 0.879. The maximum absolute atomic E-state index is 14.2. The summed E-state index contributed by atoms with van der Waals surface area (Å²) in [5, 5.41) is 0. The first kappa shape index (κ1) is 15.2. The first-order valence-corrected chi connectivity index (χ1v) is 7.80. The maximum Gasteiger partial charge on any atom is 0.267 e. The topological polar surface area (TPSA) is 76.3 Å². The Bertz CT molecular complexity index is 748. The summed E-state index contributed by atoms with van der Waals surface area (Å²) in [4.78, 5) is 3.43. The molecule has 1 aromatic carbocycles. The molecule has 0 aliphatic rings. The fourth-order valence-corrected chi connectivity index (χ4v) is 3.72. The van der Waals surface area contributed by atoms with E-state index >= 15 is 0 Å². The van der Waals surface area contributed by atoms with Crippen LogP contribution in [0.5, 0.6) is 0 Å². The smallest absolute Gasteiger partial charge is 0.267 e. The third-order valence-corrected chi connectivity index (χ3v) is 4.95.